The Morgan fingerprint density at radius 1 is 2.00 bits per heavy atom. The summed E-state index contributed by atoms with van der Waals surface area (Å²) in [6.45, 7) is 4.85. The maximum Gasteiger partial charge on any atom is 0.0898 e. The summed E-state index contributed by atoms with van der Waals surface area (Å²) in [5.41, 5.74) is 5.31. The predicted molar refractivity (Wildman–Crippen MR) is 25.0 cm³/mol. The van der Waals surface area contributed by atoms with Crippen LogP contribution in [0.3, 0.4) is 0 Å². The Morgan fingerprint density at radius 3 is 2.17 bits per heavy atom. The summed E-state index contributed by atoms with van der Waals surface area (Å²) in [6, 6.07) is 0. The molecule has 0 aromatic carbocycles. The highest BCUT2D eigenvalue weighted by molar-refractivity contribution is 4.91. The lowest BCUT2D eigenvalue weighted by molar-refractivity contribution is 0.230. The Labute approximate surface area is 37.3 Å². The van der Waals surface area contributed by atoms with Gasteiger partial charge in [-0.2, -0.15) is 0 Å². The van der Waals surface area contributed by atoms with Crippen molar-refractivity contribution in [2.45, 2.75) is 13.0 Å². The molecule has 6 heavy (non-hydrogen) atoms. The van der Waals surface area contributed by atoms with E-state index in [0.29, 0.717) is 5.70 Å². The van der Waals surface area contributed by atoms with E-state index in [-0.39, 0.29) is 0 Å². The molecule has 0 fully saturated rings. The van der Waals surface area contributed by atoms with Crippen LogP contribution in [0.15, 0.2) is 12.3 Å². The zero-order valence-electron chi connectivity index (χ0n) is 3.81. The van der Waals surface area contributed by atoms with Gasteiger partial charge < -0.3 is 10.8 Å². The fourth-order valence-corrected chi connectivity index (χ4v) is 0. The number of hydrogen-bond donors (Lipinski definition) is 2. The summed E-state index contributed by atoms with van der Waals surface area (Å²) in [7, 11) is 0. The van der Waals surface area contributed by atoms with Crippen LogP contribution in [0, 0.1) is 0 Å². The van der Waals surface area contributed by atoms with Gasteiger partial charge in [-0.15, -0.1) is 0 Å². The summed E-state index contributed by atoms with van der Waals surface area (Å²) in [6.07, 6.45) is -0.565. The molecular weight excluding hydrogens is 78.0 g/mol. The van der Waals surface area contributed by atoms with E-state index in [9.17, 15) is 0 Å². The van der Waals surface area contributed by atoms with Gasteiger partial charge in [0.05, 0.1) is 6.10 Å². The molecule has 0 rings (SSSR count). The van der Waals surface area contributed by atoms with Crippen molar-refractivity contribution in [3.05, 3.63) is 12.3 Å². The summed E-state index contributed by atoms with van der Waals surface area (Å²) < 4.78 is 0. The molecule has 0 aliphatic rings. The Bertz CT molecular complexity index is 58.6. The molecule has 0 spiro atoms. The Morgan fingerprint density at radius 2 is 2.17 bits per heavy atom. The molecule has 36 valence electrons. The van der Waals surface area contributed by atoms with Crippen molar-refractivity contribution < 1.29 is 5.11 Å². The van der Waals surface area contributed by atoms with Gasteiger partial charge in [-0.1, -0.05) is 6.58 Å². The molecule has 1 atom stereocenters. The van der Waals surface area contributed by atoms with Crippen molar-refractivity contribution in [2.24, 2.45) is 5.73 Å². The van der Waals surface area contributed by atoms with Crippen molar-refractivity contribution in [2.75, 3.05) is 0 Å². The van der Waals surface area contributed by atoms with Crippen LogP contribution in [-0.2, 0) is 0 Å². The maximum atomic E-state index is 8.41. The molecule has 0 aliphatic carbocycles. The largest absolute Gasteiger partial charge is 0.400 e. The molecule has 0 radical (unpaired) electrons. The third-order valence-electron chi connectivity index (χ3n) is 0.537. The van der Waals surface area contributed by atoms with Crippen molar-refractivity contribution in [1.82, 2.24) is 0 Å². The van der Waals surface area contributed by atoms with E-state index in [4.69, 9.17) is 10.8 Å². The molecule has 0 aliphatic heterocycles. The van der Waals surface area contributed by atoms with Gasteiger partial charge in [0, 0.05) is 5.70 Å². The van der Waals surface area contributed by atoms with Gasteiger partial charge in [-0.3, -0.25) is 0 Å². The van der Waals surface area contributed by atoms with E-state index in [0.717, 1.165) is 0 Å². The predicted octanol–water partition coefficient (Wildman–Crippen LogP) is -0.160. The molecule has 3 N–H and O–H groups in total. The molecule has 2 heteroatoms. The first-order chi connectivity index (χ1) is 2.64. The van der Waals surface area contributed by atoms with Gasteiger partial charge in [-0.05, 0) is 6.92 Å². The summed E-state index contributed by atoms with van der Waals surface area (Å²) >= 11 is 0. The lowest BCUT2D eigenvalue weighted by Gasteiger charge is -1.97. The lowest BCUT2D eigenvalue weighted by atomic mass is 10.3. The van der Waals surface area contributed by atoms with Gasteiger partial charge in [0.25, 0.3) is 0 Å². The minimum Gasteiger partial charge on any atom is -0.400 e. The number of aliphatic hydroxyl groups excluding tert-OH is 1. The molecule has 1 unspecified atom stereocenters. The molecule has 0 amide bonds. The quantitative estimate of drug-likeness (QED) is 0.466. The highest BCUT2D eigenvalue weighted by Gasteiger charge is 1.90. The number of nitrogens with two attached hydrogens (primary N) is 1. The smallest absolute Gasteiger partial charge is 0.0898 e. The van der Waals surface area contributed by atoms with Crippen LogP contribution in [0.1, 0.15) is 6.92 Å². The molecule has 0 saturated heterocycles. The monoisotopic (exact) mass is 87.1 g/mol. The molecule has 0 saturated carbocycles. The SMILES string of the molecule is C=C(N)C(C)O. The van der Waals surface area contributed by atoms with E-state index in [1.807, 2.05) is 0 Å². The number of hydrogen-bond acceptors (Lipinski definition) is 2. The van der Waals surface area contributed by atoms with Gasteiger partial charge in [0.15, 0.2) is 0 Å². The van der Waals surface area contributed by atoms with Gasteiger partial charge in [0.2, 0.25) is 0 Å². The van der Waals surface area contributed by atoms with Crippen LogP contribution in [0.5, 0.6) is 0 Å². The summed E-state index contributed by atoms with van der Waals surface area (Å²) in [5.74, 6) is 0. The van der Waals surface area contributed by atoms with E-state index < -0.39 is 6.10 Å². The second-order valence-electron chi connectivity index (χ2n) is 1.25. The van der Waals surface area contributed by atoms with Gasteiger partial charge in [-0.25, -0.2) is 0 Å². The van der Waals surface area contributed by atoms with E-state index in [1.54, 1.807) is 6.92 Å². The minimum absolute atomic E-state index is 0.315. The van der Waals surface area contributed by atoms with Crippen LogP contribution in [0.4, 0.5) is 0 Å². The van der Waals surface area contributed by atoms with E-state index >= 15 is 0 Å². The standard InChI is InChI=1S/C4H9NO/c1-3(5)4(2)6/h4,6H,1,5H2,2H3. The topological polar surface area (TPSA) is 46.2 Å². The average Bonchev–Trinajstić information content (AvgIpc) is 1.36. The first-order valence-electron chi connectivity index (χ1n) is 1.77. The zero-order chi connectivity index (χ0) is 5.15. The molecule has 0 bridgehead atoms. The highest BCUT2D eigenvalue weighted by Crippen LogP contribution is 1.83. The molecule has 0 heterocycles. The van der Waals surface area contributed by atoms with Crippen LogP contribution < -0.4 is 5.73 Å². The van der Waals surface area contributed by atoms with Gasteiger partial charge in [0.1, 0.15) is 0 Å². The normalized spacial score (nSPS) is 13.7. The molecule has 0 aromatic rings. The van der Waals surface area contributed by atoms with Crippen LogP contribution >= 0.6 is 0 Å². The minimum atomic E-state index is -0.565. The first-order valence-corrected chi connectivity index (χ1v) is 1.77. The summed E-state index contributed by atoms with van der Waals surface area (Å²) in [4.78, 5) is 0. The van der Waals surface area contributed by atoms with Crippen LogP contribution in [0.2, 0.25) is 0 Å². The number of rotatable bonds is 1. The second-order valence-corrected chi connectivity index (χ2v) is 1.25. The molecular formula is C4H9NO. The van der Waals surface area contributed by atoms with E-state index in [2.05, 4.69) is 6.58 Å². The van der Waals surface area contributed by atoms with Crippen molar-refractivity contribution in [3.63, 3.8) is 0 Å². The fourth-order valence-electron chi connectivity index (χ4n) is 0. The maximum absolute atomic E-state index is 8.41. The molecule has 2 nitrogen and oxygen atoms in total. The average molecular weight is 87.1 g/mol. The third-order valence-corrected chi connectivity index (χ3v) is 0.537. The van der Waals surface area contributed by atoms with E-state index in [1.165, 1.54) is 0 Å². The summed E-state index contributed by atoms with van der Waals surface area (Å²) in [5, 5.41) is 8.41. The second kappa shape index (κ2) is 1.82. The lowest BCUT2D eigenvalue weighted by Crippen LogP contribution is -2.10. The van der Waals surface area contributed by atoms with Gasteiger partial charge >= 0.3 is 0 Å². The van der Waals surface area contributed by atoms with Crippen molar-refractivity contribution in [3.8, 4) is 0 Å². The zero-order valence-corrected chi connectivity index (χ0v) is 3.81. The molecule has 0 aromatic heterocycles. The Hall–Kier alpha value is -0.500. The highest BCUT2D eigenvalue weighted by atomic mass is 16.3. The van der Waals surface area contributed by atoms with Crippen molar-refractivity contribution in [1.29, 1.82) is 0 Å². The van der Waals surface area contributed by atoms with Crippen molar-refractivity contribution >= 4 is 0 Å². The number of aliphatic hydroxyl groups is 1. The fraction of sp³-hybridized carbons (Fsp3) is 0.500. The van der Waals surface area contributed by atoms with Crippen LogP contribution in [-0.4, -0.2) is 11.2 Å². The first kappa shape index (κ1) is 5.50. The Kier molecular flexibility index (Phi) is 1.67. The van der Waals surface area contributed by atoms with Crippen LogP contribution in [0.25, 0.3) is 0 Å². The Balaban J connectivity index is 3.26. The third kappa shape index (κ3) is 1.79.